The van der Waals surface area contributed by atoms with Gasteiger partial charge in [-0.2, -0.15) is 0 Å². The summed E-state index contributed by atoms with van der Waals surface area (Å²) in [7, 11) is -2.63. The van der Waals surface area contributed by atoms with Crippen LogP contribution in [0.1, 0.15) is 19.4 Å². The van der Waals surface area contributed by atoms with Crippen LogP contribution in [0.3, 0.4) is 0 Å². The van der Waals surface area contributed by atoms with E-state index >= 15 is 4.39 Å². The zero-order valence-electron chi connectivity index (χ0n) is 19.2. The molecule has 1 heterocycles. The normalized spacial score (nSPS) is 20.4. The van der Waals surface area contributed by atoms with Gasteiger partial charge in [0.25, 0.3) is 11.8 Å². The summed E-state index contributed by atoms with van der Waals surface area (Å²) < 4.78 is 76.1. The molecule has 0 saturated carbocycles. The molecule has 0 bridgehead atoms. The molecular formula is C23H27F3N2O5S. The SMILES string of the molecule is COc1cccc(-c2cccc(C[C@H]3[C@@H](NS(C)(=O)=O)C(F)(F)CN3C(=O)C(C)(C)O)c2F)c1. The topological polar surface area (TPSA) is 95.9 Å². The largest absolute Gasteiger partial charge is 0.497 e. The van der Waals surface area contributed by atoms with Crippen LogP contribution in [-0.4, -0.2) is 67.8 Å². The number of rotatable bonds is 7. The van der Waals surface area contributed by atoms with Crippen LogP contribution in [0.4, 0.5) is 13.2 Å². The molecule has 1 aliphatic heterocycles. The van der Waals surface area contributed by atoms with E-state index in [0.29, 0.717) is 11.3 Å². The lowest BCUT2D eigenvalue weighted by Gasteiger charge is -2.31. The molecule has 0 aromatic heterocycles. The van der Waals surface area contributed by atoms with Crippen molar-refractivity contribution in [1.82, 2.24) is 9.62 Å². The average Bonchev–Trinajstić information content (AvgIpc) is 2.97. The van der Waals surface area contributed by atoms with Gasteiger partial charge in [0.05, 0.1) is 26.0 Å². The first-order valence-corrected chi connectivity index (χ1v) is 12.3. The summed E-state index contributed by atoms with van der Waals surface area (Å²) in [5.41, 5.74) is -1.30. The van der Waals surface area contributed by atoms with Crippen LogP contribution in [0, 0.1) is 5.82 Å². The van der Waals surface area contributed by atoms with Crippen molar-refractivity contribution < 1.29 is 36.2 Å². The number of methoxy groups -OCH3 is 1. The van der Waals surface area contributed by atoms with E-state index in [1.54, 1.807) is 30.3 Å². The van der Waals surface area contributed by atoms with Gasteiger partial charge in [0.1, 0.15) is 23.2 Å². The number of likely N-dealkylation sites (tertiary alicyclic amines) is 1. The van der Waals surface area contributed by atoms with Gasteiger partial charge in [0.15, 0.2) is 0 Å². The lowest BCUT2D eigenvalue weighted by atomic mass is 9.94. The van der Waals surface area contributed by atoms with Crippen LogP contribution in [-0.2, 0) is 21.2 Å². The van der Waals surface area contributed by atoms with Gasteiger partial charge in [-0.25, -0.2) is 26.3 Å². The summed E-state index contributed by atoms with van der Waals surface area (Å²) in [5.74, 6) is -4.86. The van der Waals surface area contributed by atoms with Gasteiger partial charge in [-0.15, -0.1) is 0 Å². The van der Waals surface area contributed by atoms with Gasteiger partial charge in [-0.05, 0) is 43.5 Å². The molecule has 2 aromatic carbocycles. The van der Waals surface area contributed by atoms with Crippen LogP contribution in [0.2, 0.25) is 0 Å². The fraction of sp³-hybridized carbons (Fsp3) is 0.435. The van der Waals surface area contributed by atoms with Crippen molar-refractivity contribution in [3.05, 3.63) is 53.8 Å². The third-order valence-electron chi connectivity index (χ3n) is 5.64. The molecule has 1 fully saturated rings. The van der Waals surface area contributed by atoms with Crippen LogP contribution in [0.25, 0.3) is 11.1 Å². The van der Waals surface area contributed by atoms with Gasteiger partial charge in [-0.3, -0.25) is 4.79 Å². The molecule has 0 unspecified atom stereocenters. The zero-order chi connectivity index (χ0) is 25.5. The summed E-state index contributed by atoms with van der Waals surface area (Å²) in [6, 6.07) is 7.63. The molecule has 3 rings (SSSR count). The maximum absolute atomic E-state index is 15.5. The fourth-order valence-electron chi connectivity index (χ4n) is 4.08. The lowest BCUT2D eigenvalue weighted by molar-refractivity contribution is -0.149. The molecule has 2 N–H and O–H groups in total. The van der Waals surface area contributed by atoms with Crippen LogP contribution < -0.4 is 9.46 Å². The molecule has 1 amide bonds. The highest BCUT2D eigenvalue weighted by Gasteiger charge is 2.58. The number of hydrogen-bond acceptors (Lipinski definition) is 5. The summed E-state index contributed by atoms with van der Waals surface area (Å²) >= 11 is 0. The average molecular weight is 501 g/mol. The highest BCUT2D eigenvalue weighted by Crippen LogP contribution is 2.37. The first-order chi connectivity index (χ1) is 15.6. The molecule has 0 aliphatic carbocycles. The van der Waals surface area contributed by atoms with Crippen LogP contribution in [0.15, 0.2) is 42.5 Å². The number of nitrogens with zero attached hydrogens (tertiary/aromatic N) is 1. The predicted molar refractivity (Wildman–Crippen MR) is 121 cm³/mol. The Bertz CT molecular complexity index is 1180. The zero-order valence-corrected chi connectivity index (χ0v) is 20.0. The highest BCUT2D eigenvalue weighted by atomic mass is 32.2. The molecule has 0 radical (unpaired) electrons. The number of carbonyl (C=O) groups is 1. The van der Waals surface area contributed by atoms with E-state index in [1.165, 1.54) is 19.2 Å². The predicted octanol–water partition coefficient (Wildman–Crippen LogP) is 2.58. The van der Waals surface area contributed by atoms with Gasteiger partial charge < -0.3 is 14.7 Å². The van der Waals surface area contributed by atoms with E-state index in [0.717, 1.165) is 25.0 Å². The number of benzene rings is 2. The maximum Gasteiger partial charge on any atom is 0.283 e. The van der Waals surface area contributed by atoms with E-state index in [-0.39, 0.29) is 11.1 Å². The van der Waals surface area contributed by atoms with E-state index in [9.17, 15) is 27.1 Å². The van der Waals surface area contributed by atoms with E-state index in [4.69, 9.17) is 4.74 Å². The number of sulfonamides is 1. The first-order valence-electron chi connectivity index (χ1n) is 10.4. The van der Waals surface area contributed by atoms with Crippen LogP contribution in [0.5, 0.6) is 5.75 Å². The number of alkyl halides is 2. The molecule has 1 aliphatic rings. The maximum atomic E-state index is 15.5. The van der Waals surface area contributed by atoms with Crippen molar-refractivity contribution in [3.8, 4) is 16.9 Å². The Labute approximate surface area is 196 Å². The number of aliphatic hydroxyl groups is 1. The number of halogens is 3. The third-order valence-corrected chi connectivity index (χ3v) is 6.32. The Balaban J connectivity index is 2.06. The lowest BCUT2D eigenvalue weighted by Crippen LogP contribution is -2.54. The molecular weight excluding hydrogens is 473 g/mol. The minimum atomic E-state index is -4.10. The fourth-order valence-corrected chi connectivity index (χ4v) is 4.87. The molecule has 2 aromatic rings. The van der Waals surface area contributed by atoms with Crippen molar-refractivity contribution in [3.63, 3.8) is 0 Å². The van der Waals surface area contributed by atoms with Crippen molar-refractivity contribution in [1.29, 1.82) is 0 Å². The summed E-state index contributed by atoms with van der Waals surface area (Å²) in [6.45, 7) is 1.17. The number of hydrogen-bond donors (Lipinski definition) is 2. The van der Waals surface area contributed by atoms with E-state index in [1.807, 2.05) is 4.72 Å². The third kappa shape index (κ3) is 5.53. The molecule has 2 atom stereocenters. The van der Waals surface area contributed by atoms with Crippen LogP contribution >= 0.6 is 0 Å². The van der Waals surface area contributed by atoms with Gasteiger partial charge in [0, 0.05) is 5.56 Å². The smallest absolute Gasteiger partial charge is 0.283 e. The van der Waals surface area contributed by atoms with Crippen molar-refractivity contribution in [2.24, 2.45) is 0 Å². The Morgan fingerprint density at radius 2 is 1.91 bits per heavy atom. The first kappa shape index (κ1) is 26.0. The quantitative estimate of drug-likeness (QED) is 0.610. The van der Waals surface area contributed by atoms with Gasteiger partial charge >= 0.3 is 0 Å². The summed E-state index contributed by atoms with van der Waals surface area (Å²) in [5, 5.41) is 10.2. The highest BCUT2D eigenvalue weighted by molar-refractivity contribution is 7.88. The Morgan fingerprint density at radius 1 is 1.26 bits per heavy atom. The van der Waals surface area contributed by atoms with Crippen molar-refractivity contribution in [2.45, 2.75) is 43.9 Å². The molecule has 1 saturated heterocycles. The Kier molecular flexibility index (Phi) is 7.03. The number of nitrogens with one attached hydrogen (secondary N) is 1. The number of amides is 1. The molecule has 186 valence electrons. The number of carbonyl (C=O) groups excluding carboxylic acids is 1. The Hall–Kier alpha value is -2.63. The molecule has 7 nitrogen and oxygen atoms in total. The van der Waals surface area contributed by atoms with E-state index < -0.39 is 58.3 Å². The monoisotopic (exact) mass is 500 g/mol. The van der Waals surface area contributed by atoms with Crippen molar-refractivity contribution in [2.75, 3.05) is 19.9 Å². The number of ether oxygens (including phenoxy) is 1. The summed E-state index contributed by atoms with van der Waals surface area (Å²) in [4.78, 5) is 13.5. The second-order valence-corrected chi connectivity index (χ2v) is 10.7. The molecule has 11 heteroatoms. The second kappa shape index (κ2) is 9.20. The van der Waals surface area contributed by atoms with Gasteiger partial charge in [-0.1, -0.05) is 30.3 Å². The summed E-state index contributed by atoms with van der Waals surface area (Å²) in [6.07, 6.45) is 0.318. The van der Waals surface area contributed by atoms with Gasteiger partial charge in [0.2, 0.25) is 10.0 Å². The molecule has 34 heavy (non-hydrogen) atoms. The molecule has 0 spiro atoms. The standard InChI is InChI=1S/C23H27F3N2O5S/c1-22(2,30)21(29)28-13-23(25,26)20(27-34(4,31)32)18(28)12-15-8-6-10-17(19(15)24)14-7-5-9-16(11-14)33-3/h5-11,18,20,27,30H,12-13H2,1-4H3/t18-,20+/m0/s1. The second-order valence-electron chi connectivity index (χ2n) is 8.90. The Morgan fingerprint density at radius 3 is 2.50 bits per heavy atom. The minimum Gasteiger partial charge on any atom is -0.497 e. The minimum absolute atomic E-state index is 0.0110. The van der Waals surface area contributed by atoms with E-state index in [2.05, 4.69) is 0 Å². The van der Waals surface area contributed by atoms with Crippen molar-refractivity contribution >= 4 is 15.9 Å².